The largest absolute Gasteiger partial charge is 0.462 e. The second kappa shape index (κ2) is 8.33. The van der Waals surface area contributed by atoms with Crippen LogP contribution in [-0.2, 0) is 4.74 Å². The van der Waals surface area contributed by atoms with Gasteiger partial charge < -0.3 is 4.74 Å². The fourth-order valence-corrected chi connectivity index (χ4v) is 1.76. The third-order valence-electron chi connectivity index (χ3n) is 2.51. The molecule has 1 heterocycles. The zero-order chi connectivity index (χ0) is 13.4. The summed E-state index contributed by atoms with van der Waals surface area (Å²) >= 11 is 11.4. The van der Waals surface area contributed by atoms with Gasteiger partial charge in [-0.2, -0.15) is 0 Å². The molecule has 0 aliphatic heterocycles. The lowest BCUT2D eigenvalue weighted by Crippen LogP contribution is -2.07. The first-order chi connectivity index (χ1) is 8.65. The van der Waals surface area contributed by atoms with Crippen molar-refractivity contribution in [1.82, 2.24) is 4.98 Å². The number of rotatable bonds is 7. The number of aromatic nitrogens is 1. The Morgan fingerprint density at radius 1 is 1.28 bits per heavy atom. The monoisotopic (exact) mass is 289 g/mol. The van der Waals surface area contributed by atoms with Crippen molar-refractivity contribution in [2.75, 3.05) is 6.61 Å². The van der Waals surface area contributed by atoms with Crippen molar-refractivity contribution in [2.24, 2.45) is 0 Å². The molecule has 0 radical (unpaired) electrons. The molecule has 0 atom stereocenters. The normalized spacial score (nSPS) is 10.4. The number of halogens is 2. The number of carbonyl (C=O) groups is 1. The third kappa shape index (κ3) is 5.23. The van der Waals surface area contributed by atoms with Gasteiger partial charge in [0.2, 0.25) is 0 Å². The maximum Gasteiger partial charge on any atom is 0.339 e. The Morgan fingerprint density at radius 3 is 2.67 bits per heavy atom. The molecule has 3 nitrogen and oxygen atoms in total. The zero-order valence-corrected chi connectivity index (χ0v) is 11.9. The predicted octanol–water partition coefficient (Wildman–Crippen LogP) is 4.52. The summed E-state index contributed by atoms with van der Waals surface area (Å²) < 4.78 is 5.12. The smallest absolute Gasteiger partial charge is 0.339 e. The quantitative estimate of drug-likeness (QED) is 0.421. The van der Waals surface area contributed by atoms with Crippen LogP contribution >= 0.6 is 23.2 Å². The summed E-state index contributed by atoms with van der Waals surface area (Å²) in [4.78, 5) is 15.4. The van der Waals surface area contributed by atoms with Crippen LogP contribution < -0.4 is 0 Å². The van der Waals surface area contributed by atoms with E-state index in [2.05, 4.69) is 11.9 Å². The molecule has 5 heteroatoms. The van der Waals surface area contributed by atoms with Gasteiger partial charge in [0.05, 0.1) is 17.2 Å². The minimum atomic E-state index is -0.406. The fourth-order valence-electron chi connectivity index (χ4n) is 1.49. The molecule has 0 aromatic carbocycles. The molecule has 0 aliphatic rings. The Morgan fingerprint density at radius 2 is 2.00 bits per heavy atom. The van der Waals surface area contributed by atoms with E-state index >= 15 is 0 Å². The highest BCUT2D eigenvalue weighted by Gasteiger charge is 2.10. The molecule has 0 spiro atoms. The number of hydrogen-bond acceptors (Lipinski definition) is 3. The minimum absolute atomic E-state index is 0.188. The highest BCUT2D eigenvalue weighted by molar-refractivity contribution is 6.41. The van der Waals surface area contributed by atoms with Crippen molar-refractivity contribution in [3.63, 3.8) is 0 Å². The lowest BCUT2D eigenvalue weighted by molar-refractivity contribution is 0.0497. The van der Waals surface area contributed by atoms with Crippen molar-refractivity contribution in [3.05, 3.63) is 28.0 Å². The van der Waals surface area contributed by atoms with E-state index in [1.807, 2.05) is 0 Å². The molecule has 100 valence electrons. The van der Waals surface area contributed by atoms with Gasteiger partial charge >= 0.3 is 5.97 Å². The van der Waals surface area contributed by atoms with E-state index in [1.54, 1.807) is 0 Å². The number of unbranched alkanes of at least 4 members (excludes halogenated alkanes) is 4. The average Bonchev–Trinajstić information content (AvgIpc) is 2.36. The zero-order valence-electron chi connectivity index (χ0n) is 10.4. The van der Waals surface area contributed by atoms with E-state index < -0.39 is 5.97 Å². The first-order valence-electron chi connectivity index (χ1n) is 6.13. The molecule has 1 rings (SSSR count). The van der Waals surface area contributed by atoms with Crippen molar-refractivity contribution in [1.29, 1.82) is 0 Å². The predicted molar refractivity (Wildman–Crippen MR) is 73.3 cm³/mol. The number of ether oxygens (including phenoxy) is 1. The number of nitrogens with zero attached hydrogens (tertiary/aromatic N) is 1. The molecule has 0 unspecified atom stereocenters. The highest BCUT2D eigenvalue weighted by Crippen LogP contribution is 2.20. The van der Waals surface area contributed by atoms with Gasteiger partial charge in [0.1, 0.15) is 5.15 Å². The molecule has 1 aromatic heterocycles. The fraction of sp³-hybridized carbons (Fsp3) is 0.538. The van der Waals surface area contributed by atoms with E-state index in [-0.39, 0.29) is 10.2 Å². The maximum atomic E-state index is 11.6. The Balaban J connectivity index is 2.30. The van der Waals surface area contributed by atoms with Crippen LogP contribution in [0.5, 0.6) is 0 Å². The summed E-state index contributed by atoms with van der Waals surface area (Å²) in [5, 5.41) is 0.446. The molecule has 18 heavy (non-hydrogen) atoms. The maximum absolute atomic E-state index is 11.6. The third-order valence-corrected chi connectivity index (χ3v) is 3.20. The molecule has 0 saturated carbocycles. The van der Waals surface area contributed by atoms with Gasteiger partial charge in [0, 0.05) is 6.20 Å². The van der Waals surface area contributed by atoms with E-state index in [4.69, 9.17) is 27.9 Å². The minimum Gasteiger partial charge on any atom is -0.462 e. The molecule has 0 fully saturated rings. The summed E-state index contributed by atoms with van der Waals surface area (Å²) in [6.45, 7) is 2.60. The molecular formula is C13H17Cl2NO2. The first-order valence-corrected chi connectivity index (χ1v) is 6.89. The summed E-state index contributed by atoms with van der Waals surface area (Å²) in [6.07, 6.45) is 6.95. The average molecular weight is 290 g/mol. The van der Waals surface area contributed by atoms with E-state index in [0.29, 0.717) is 12.2 Å². The van der Waals surface area contributed by atoms with Gasteiger partial charge in [-0.05, 0) is 12.5 Å². The summed E-state index contributed by atoms with van der Waals surface area (Å²) in [5.41, 5.74) is 0.331. The van der Waals surface area contributed by atoms with Gasteiger partial charge in [-0.3, -0.25) is 0 Å². The Hall–Kier alpha value is -0.800. The van der Waals surface area contributed by atoms with E-state index in [9.17, 15) is 4.79 Å². The van der Waals surface area contributed by atoms with Crippen LogP contribution in [0.3, 0.4) is 0 Å². The number of esters is 1. The molecule has 0 bridgehead atoms. The second-order valence-corrected chi connectivity index (χ2v) is 4.81. The van der Waals surface area contributed by atoms with Gasteiger partial charge in [0.25, 0.3) is 0 Å². The lowest BCUT2D eigenvalue weighted by atomic mass is 10.2. The van der Waals surface area contributed by atoms with Crippen molar-refractivity contribution in [2.45, 2.75) is 39.0 Å². The highest BCUT2D eigenvalue weighted by atomic mass is 35.5. The Bertz CT molecular complexity index is 397. The summed E-state index contributed by atoms with van der Waals surface area (Å²) in [5.74, 6) is -0.406. The van der Waals surface area contributed by atoms with Gasteiger partial charge in [-0.15, -0.1) is 0 Å². The van der Waals surface area contributed by atoms with Crippen LogP contribution in [0.1, 0.15) is 49.4 Å². The van der Waals surface area contributed by atoms with Crippen molar-refractivity contribution < 1.29 is 9.53 Å². The topological polar surface area (TPSA) is 39.2 Å². The second-order valence-electron chi connectivity index (χ2n) is 4.05. The van der Waals surface area contributed by atoms with E-state index in [0.717, 1.165) is 12.8 Å². The van der Waals surface area contributed by atoms with Crippen LogP contribution in [0.4, 0.5) is 0 Å². The standard InChI is InChI=1S/C13H17Cl2NO2/c1-2-3-4-5-6-7-18-13(17)10-8-11(14)12(15)16-9-10/h8-9H,2-7H2,1H3. The van der Waals surface area contributed by atoms with Crippen LogP contribution in [-0.4, -0.2) is 17.6 Å². The molecule has 0 aliphatic carbocycles. The molecule has 1 aromatic rings. The Labute approximate surface area is 117 Å². The van der Waals surface area contributed by atoms with Gasteiger partial charge in [0.15, 0.2) is 0 Å². The van der Waals surface area contributed by atoms with Crippen LogP contribution in [0, 0.1) is 0 Å². The lowest BCUT2D eigenvalue weighted by Gasteiger charge is -2.05. The van der Waals surface area contributed by atoms with Gasteiger partial charge in [-0.25, -0.2) is 9.78 Å². The summed E-state index contributed by atoms with van der Waals surface area (Å²) in [7, 11) is 0. The summed E-state index contributed by atoms with van der Waals surface area (Å²) in [6, 6.07) is 1.47. The number of hydrogen-bond donors (Lipinski definition) is 0. The molecule has 0 N–H and O–H groups in total. The van der Waals surface area contributed by atoms with Gasteiger partial charge in [-0.1, -0.05) is 55.8 Å². The first kappa shape index (κ1) is 15.3. The number of carbonyl (C=O) groups excluding carboxylic acids is 1. The van der Waals surface area contributed by atoms with Crippen molar-refractivity contribution in [3.8, 4) is 0 Å². The molecular weight excluding hydrogens is 273 g/mol. The van der Waals surface area contributed by atoms with Crippen LogP contribution in [0.15, 0.2) is 12.3 Å². The SMILES string of the molecule is CCCCCCCOC(=O)c1cnc(Cl)c(Cl)c1. The van der Waals surface area contributed by atoms with Crippen LogP contribution in [0.2, 0.25) is 10.2 Å². The number of pyridine rings is 1. The molecule has 0 amide bonds. The van der Waals surface area contributed by atoms with Crippen LogP contribution in [0.25, 0.3) is 0 Å². The van der Waals surface area contributed by atoms with E-state index in [1.165, 1.54) is 31.5 Å². The van der Waals surface area contributed by atoms with Crippen molar-refractivity contribution >= 4 is 29.2 Å². The Kier molecular flexibility index (Phi) is 7.06. The molecule has 0 saturated heterocycles.